The fraction of sp³-hybridized carbons (Fsp3) is 0.350. The van der Waals surface area contributed by atoms with E-state index in [4.69, 9.17) is 0 Å². The normalized spacial score (nSPS) is 16.1. The predicted molar refractivity (Wildman–Crippen MR) is 113 cm³/mol. The van der Waals surface area contributed by atoms with Gasteiger partial charge in [0.25, 0.3) is 11.6 Å². The van der Waals surface area contributed by atoms with Gasteiger partial charge in [0.2, 0.25) is 0 Å². The zero-order valence-corrected chi connectivity index (χ0v) is 17.1. The molecule has 1 atom stereocenters. The van der Waals surface area contributed by atoms with Crippen molar-refractivity contribution in [2.45, 2.75) is 29.1 Å². The Morgan fingerprint density at radius 2 is 2.04 bits per heavy atom. The summed E-state index contributed by atoms with van der Waals surface area (Å²) >= 11 is 1.43. The number of hydrogen-bond donors (Lipinski definition) is 2. The van der Waals surface area contributed by atoms with Crippen LogP contribution in [0.25, 0.3) is 0 Å². The van der Waals surface area contributed by atoms with E-state index in [9.17, 15) is 14.9 Å². The molecule has 1 unspecified atom stereocenters. The maximum atomic E-state index is 12.7. The number of rotatable bonds is 7. The van der Waals surface area contributed by atoms with Gasteiger partial charge in [-0.15, -0.1) is 12.4 Å². The van der Waals surface area contributed by atoms with Gasteiger partial charge in [0.1, 0.15) is 0 Å². The average molecular weight is 422 g/mol. The third-order valence-corrected chi connectivity index (χ3v) is 5.71. The van der Waals surface area contributed by atoms with Gasteiger partial charge in [-0.25, -0.2) is 0 Å². The van der Waals surface area contributed by atoms with Crippen LogP contribution in [0.2, 0.25) is 0 Å². The van der Waals surface area contributed by atoms with Gasteiger partial charge in [-0.05, 0) is 56.5 Å². The number of non-ortho nitro benzene ring substituents is 1. The summed E-state index contributed by atoms with van der Waals surface area (Å²) in [6.45, 7) is 2.63. The van der Waals surface area contributed by atoms with E-state index in [-0.39, 0.29) is 24.0 Å². The van der Waals surface area contributed by atoms with Crippen LogP contribution in [0.5, 0.6) is 0 Å². The summed E-state index contributed by atoms with van der Waals surface area (Å²) in [6, 6.07) is 14.1. The van der Waals surface area contributed by atoms with Gasteiger partial charge in [0, 0.05) is 28.5 Å². The highest BCUT2D eigenvalue weighted by molar-refractivity contribution is 7.99. The summed E-state index contributed by atoms with van der Waals surface area (Å²) in [5, 5.41) is 17.4. The standard InChI is InChI=1S/C20H23N3O3S.ClH/c24-20(22-12-10-15-5-4-11-21-14-15)18-13-16(23(25)26)8-9-19(18)27-17-6-2-1-3-7-17;/h1-3,6-9,13,15,21H,4-5,10-12,14H2,(H,22,24);1H. The van der Waals surface area contributed by atoms with E-state index in [0.717, 1.165) is 24.4 Å². The Balaban J connectivity index is 0.00000280. The van der Waals surface area contributed by atoms with E-state index in [0.29, 0.717) is 22.9 Å². The molecule has 1 aliphatic rings. The van der Waals surface area contributed by atoms with Gasteiger partial charge in [-0.3, -0.25) is 14.9 Å². The maximum absolute atomic E-state index is 12.7. The molecule has 6 nitrogen and oxygen atoms in total. The summed E-state index contributed by atoms with van der Waals surface area (Å²) in [7, 11) is 0. The second-order valence-electron chi connectivity index (χ2n) is 6.61. The molecule has 8 heteroatoms. The number of carbonyl (C=O) groups excluding carboxylic acids is 1. The van der Waals surface area contributed by atoms with Crippen LogP contribution in [0.1, 0.15) is 29.6 Å². The van der Waals surface area contributed by atoms with E-state index < -0.39 is 4.92 Å². The summed E-state index contributed by atoms with van der Waals surface area (Å²) < 4.78 is 0. The maximum Gasteiger partial charge on any atom is 0.270 e. The second kappa shape index (κ2) is 11.0. The first-order valence-electron chi connectivity index (χ1n) is 9.14. The smallest absolute Gasteiger partial charge is 0.270 e. The molecular formula is C20H24ClN3O3S. The Hall–Kier alpha value is -2.09. The zero-order valence-electron chi connectivity index (χ0n) is 15.4. The van der Waals surface area contributed by atoms with Crippen molar-refractivity contribution in [3.05, 3.63) is 64.2 Å². The van der Waals surface area contributed by atoms with Crippen molar-refractivity contribution in [2.75, 3.05) is 19.6 Å². The highest BCUT2D eigenvalue weighted by atomic mass is 35.5. The molecule has 1 aliphatic heterocycles. The van der Waals surface area contributed by atoms with Crippen LogP contribution >= 0.6 is 24.2 Å². The van der Waals surface area contributed by atoms with Crippen LogP contribution in [0.15, 0.2) is 58.3 Å². The lowest BCUT2D eigenvalue weighted by atomic mass is 9.96. The van der Waals surface area contributed by atoms with Crippen LogP contribution in [-0.4, -0.2) is 30.5 Å². The minimum absolute atomic E-state index is 0. The number of amides is 1. The van der Waals surface area contributed by atoms with Crippen molar-refractivity contribution in [1.29, 1.82) is 0 Å². The summed E-state index contributed by atoms with van der Waals surface area (Å²) in [5.41, 5.74) is 0.272. The molecule has 3 rings (SSSR count). The number of carbonyl (C=O) groups is 1. The molecule has 28 heavy (non-hydrogen) atoms. The molecule has 2 N–H and O–H groups in total. The Kier molecular flexibility index (Phi) is 8.76. The molecule has 1 saturated heterocycles. The number of hydrogen-bond acceptors (Lipinski definition) is 5. The first-order chi connectivity index (χ1) is 13.1. The molecule has 0 saturated carbocycles. The Bertz CT molecular complexity index is 799. The van der Waals surface area contributed by atoms with Gasteiger partial charge in [0.05, 0.1) is 10.5 Å². The lowest BCUT2D eigenvalue weighted by Gasteiger charge is -2.22. The van der Waals surface area contributed by atoms with Crippen molar-refractivity contribution in [2.24, 2.45) is 5.92 Å². The van der Waals surface area contributed by atoms with Crippen molar-refractivity contribution < 1.29 is 9.72 Å². The average Bonchev–Trinajstić information content (AvgIpc) is 2.69. The van der Waals surface area contributed by atoms with Crippen molar-refractivity contribution >= 4 is 35.8 Å². The van der Waals surface area contributed by atoms with Gasteiger partial charge < -0.3 is 10.6 Å². The summed E-state index contributed by atoms with van der Waals surface area (Å²) in [6.07, 6.45) is 3.25. The highest BCUT2D eigenvalue weighted by Crippen LogP contribution is 2.32. The number of nitro groups is 1. The SMILES string of the molecule is Cl.O=C(NCCC1CCCNC1)c1cc([N+](=O)[O-])ccc1Sc1ccccc1. The fourth-order valence-corrected chi connectivity index (χ4v) is 4.11. The Morgan fingerprint density at radius 3 is 2.71 bits per heavy atom. The molecule has 2 aromatic carbocycles. The van der Waals surface area contributed by atoms with E-state index in [2.05, 4.69) is 10.6 Å². The minimum atomic E-state index is -0.471. The molecule has 1 heterocycles. The molecule has 150 valence electrons. The molecule has 0 radical (unpaired) electrons. The van der Waals surface area contributed by atoms with Gasteiger partial charge >= 0.3 is 0 Å². The number of piperidine rings is 1. The predicted octanol–water partition coefficient (Wildman–Crippen LogP) is 4.29. The third-order valence-electron chi connectivity index (χ3n) is 4.63. The molecule has 0 spiro atoms. The lowest BCUT2D eigenvalue weighted by molar-refractivity contribution is -0.384. The molecular weight excluding hydrogens is 398 g/mol. The zero-order chi connectivity index (χ0) is 19.1. The third kappa shape index (κ3) is 6.22. The van der Waals surface area contributed by atoms with Gasteiger partial charge in [-0.1, -0.05) is 30.0 Å². The van der Waals surface area contributed by atoms with E-state index in [1.807, 2.05) is 30.3 Å². The lowest BCUT2D eigenvalue weighted by Crippen LogP contribution is -2.33. The van der Waals surface area contributed by atoms with Gasteiger partial charge in [0.15, 0.2) is 0 Å². The molecule has 0 aromatic heterocycles. The van der Waals surface area contributed by atoms with Crippen LogP contribution < -0.4 is 10.6 Å². The van der Waals surface area contributed by atoms with E-state index >= 15 is 0 Å². The van der Waals surface area contributed by atoms with Crippen LogP contribution in [0.3, 0.4) is 0 Å². The monoisotopic (exact) mass is 421 g/mol. The quantitative estimate of drug-likeness (QED) is 0.514. The highest BCUT2D eigenvalue weighted by Gasteiger charge is 2.18. The Labute approximate surface area is 175 Å². The first kappa shape index (κ1) is 22.2. The van der Waals surface area contributed by atoms with Crippen LogP contribution in [-0.2, 0) is 0 Å². The molecule has 1 amide bonds. The van der Waals surface area contributed by atoms with Crippen LogP contribution in [0, 0.1) is 16.0 Å². The fourth-order valence-electron chi connectivity index (χ4n) is 3.17. The minimum Gasteiger partial charge on any atom is -0.352 e. The van der Waals surface area contributed by atoms with Gasteiger partial charge in [-0.2, -0.15) is 0 Å². The largest absolute Gasteiger partial charge is 0.352 e. The molecule has 1 fully saturated rings. The number of nitrogens with zero attached hydrogens (tertiary/aromatic N) is 1. The van der Waals surface area contributed by atoms with E-state index in [1.165, 1.54) is 36.7 Å². The van der Waals surface area contributed by atoms with Crippen molar-refractivity contribution in [3.63, 3.8) is 0 Å². The number of nitro benzene ring substituents is 1. The molecule has 2 aromatic rings. The van der Waals surface area contributed by atoms with Crippen molar-refractivity contribution in [3.8, 4) is 0 Å². The Morgan fingerprint density at radius 1 is 1.25 bits per heavy atom. The summed E-state index contributed by atoms with van der Waals surface area (Å²) in [5.74, 6) is 0.309. The molecule has 0 bridgehead atoms. The number of nitrogens with one attached hydrogen (secondary N) is 2. The molecule has 0 aliphatic carbocycles. The first-order valence-corrected chi connectivity index (χ1v) is 9.95. The second-order valence-corrected chi connectivity index (χ2v) is 7.72. The summed E-state index contributed by atoms with van der Waals surface area (Å²) in [4.78, 5) is 25.1. The number of benzene rings is 2. The van der Waals surface area contributed by atoms with Crippen molar-refractivity contribution in [1.82, 2.24) is 10.6 Å². The van der Waals surface area contributed by atoms with E-state index in [1.54, 1.807) is 6.07 Å². The van der Waals surface area contributed by atoms with Crippen LogP contribution in [0.4, 0.5) is 5.69 Å². The topological polar surface area (TPSA) is 84.3 Å². The number of halogens is 1.